The monoisotopic (exact) mass is 297 g/mol. The second-order valence-corrected chi connectivity index (χ2v) is 7.09. The highest BCUT2D eigenvalue weighted by Crippen LogP contribution is 2.09. The zero-order valence-corrected chi connectivity index (χ0v) is 12.4. The zero-order valence-electron chi connectivity index (χ0n) is 10.8. The summed E-state index contributed by atoms with van der Waals surface area (Å²) in [6.45, 7) is 2.50. The van der Waals surface area contributed by atoms with Gasteiger partial charge in [0.25, 0.3) is 0 Å². The predicted molar refractivity (Wildman–Crippen MR) is 71.0 cm³/mol. The van der Waals surface area contributed by atoms with E-state index in [9.17, 15) is 13.2 Å². The van der Waals surface area contributed by atoms with Crippen molar-refractivity contribution in [2.45, 2.75) is 6.42 Å². The second-order valence-electron chi connectivity index (χ2n) is 4.54. The quantitative estimate of drug-likeness (QED) is 0.663. The molecule has 1 aliphatic heterocycles. The van der Waals surface area contributed by atoms with Crippen LogP contribution < -0.4 is 0 Å². The number of hydrogen-bond donors (Lipinski definition) is 0. The first kappa shape index (κ1) is 15.7. The average molecular weight is 298 g/mol. The zero-order chi connectivity index (χ0) is 13.8. The van der Waals surface area contributed by atoms with Crippen LogP contribution in [0.5, 0.6) is 0 Å². The summed E-state index contributed by atoms with van der Waals surface area (Å²) >= 11 is 5.44. The summed E-state index contributed by atoms with van der Waals surface area (Å²) in [4.78, 5) is 15.1. The van der Waals surface area contributed by atoms with E-state index in [1.54, 1.807) is 14.1 Å². The van der Waals surface area contributed by atoms with Crippen molar-refractivity contribution in [1.82, 2.24) is 14.1 Å². The molecule has 6 nitrogen and oxygen atoms in total. The number of carbonyl (C=O) groups excluding carboxylic acids is 1. The number of rotatable bonds is 4. The van der Waals surface area contributed by atoms with Crippen LogP contribution in [0.2, 0.25) is 0 Å². The molecule has 0 spiro atoms. The van der Waals surface area contributed by atoms with Gasteiger partial charge in [0.15, 0.2) is 0 Å². The second kappa shape index (κ2) is 6.70. The van der Waals surface area contributed by atoms with E-state index in [4.69, 9.17) is 11.6 Å². The number of sulfonamides is 1. The van der Waals surface area contributed by atoms with E-state index in [1.165, 1.54) is 9.21 Å². The third-order valence-electron chi connectivity index (χ3n) is 2.94. The van der Waals surface area contributed by atoms with Crippen LogP contribution in [0.3, 0.4) is 0 Å². The average Bonchev–Trinajstić information content (AvgIpc) is 2.55. The number of nitrogens with zero attached hydrogens (tertiary/aromatic N) is 3. The maximum atomic E-state index is 11.6. The molecular weight excluding hydrogens is 278 g/mol. The van der Waals surface area contributed by atoms with E-state index in [-0.39, 0.29) is 11.1 Å². The molecule has 0 saturated carbocycles. The molecule has 1 saturated heterocycles. The molecule has 1 heterocycles. The normalized spacial score (nSPS) is 19.5. The lowest BCUT2D eigenvalue weighted by Gasteiger charge is -2.22. The molecule has 0 aromatic heterocycles. The van der Waals surface area contributed by atoms with Gasteiger partial charge in [-0.3, -0.25) is 9.69 Å². The Kier molecular flexibility index (Phi) is 5.84. The Hall–Kier alpha value is -0.370. The van der Waals surface area contributed by atoms with Crippen LogP contribution >= 0.6 is 11.6 Å². The highest BCUT2D eigenvalue weighted by molar-refractivity contribution is 7.90. The molecular formula is C10H20ClN3O3S. The number of alkyl halides is 1. The van der Waals surface area contributed by atoms with Crippen molar-refractivity contribution in [3.8, 4) is 0 Å². The molecule has 8 heteroatoms. The van der Waals surface area contributed by atoms with Crippen molar-refractivity contribution in [2.24, 2.45) is 0 Å². The summed E-state index contributed by atoms with van der Waals surface area (Å²) in [6, 6.07) is 0. The van der Waals surface area contributed by atoms with Gasteiger partial charge >= 0.3 is 0 Å². The smallest absolute Gasteiger partial charge is 0.236 e. The molecule has 0 aromatic carbocycles. The molecule has 18 heavy (non-hydrogen) atoms. The first-order valence-electron chi connectivity index (χ1n) is 5.83. The molecule has 106 valence electrons. The standard InChI is InChI=1S/C10H20ClN3O3S/c1-12(2)10(15)8-13-4-3-5-14(7-6-13)18(16,17)9-11/h3-9H2,1-2H3. The third kappa shape index (κ3) is 4.38. The first-order chi connectivity index (χ1) is 8.36. The maximum Gasteiger partial charge on any atom is 0.236 e. The molecule has 1 fully saturated rings. The van der Waals surface area contributed by atoms with Gasteiger partial charge in [-0.2, -0.15) is 4.31 Å². The van der Waals surface area contributed by atoms with Crippen LogP contribution in [-0.2, 0) is 14.8 Å². The lowest BCUT2D eigenvalue weighted by molar-refractivity contribution is -0.129. The van der Waals surface area contributed by atoms with Crippen molar-refractivity contribution >= 4 is 27.5 Å². The molecule has 0 radical (unpaired) electrons. The highest BCUT2D eigenvalue weighted by Gasteiger charge is 2.25. The third-order valence-corrected chi connectivity index (χ3v) is 5.19. The Morgan fingerprint density at radius 1 is 1.22 bits per heavy atom. The number of hydrogen-bond acceptors (Lipinski definition) is 4. The van der Waals surface area contributed by atoms with E-state index >= 15 is 0 Å². The molecule has 0 aromatic rings. The van der Waals surface area contributed by atoms with Gasteiger partial charge in [0.1, 0.15) is 5.21 Å². The molecule has 0 aliphatic carbocycles. The highest BCUT2D eigenvalue weighted by atomic mass is 35.5. The van der Waals surface area contributed by atoms with Crippen LogP contribution in [0, 0.1) is 0 Å². The summed E-state index contributed by atoms with van der Waals surface area (Å²) in [6.07, 6.45) is 0.719. The fourth-order valence-electron chi connectivity index (χ4n) is 1.79. The van der Waals surface area contributed by atoms with Crippen LogP contribution in [-0.4, -0.2) is 80.5 Å². The Bertz CT molecular complexity index is 386. The fourth-order valence-corrected chi connectivity index (χ4v) is 3.10. The van der Waals surface area contributed by atoms with Crippen molar-refractivity contribution in [3.05, 3.63) is 0 Å². The van der Waals surface area contributed by atoms with Gasteiger partial charge in [-0.05, 0) is 13.0 Å². The van der Waals surface area contributed by atoms with Crippen molar-refractivity contribution in [1.29, 1.82) is 0 Å². The van der Waals surface area contributed by atoms with Crippen molar-refractivity contribution < 1.29 is 13.2 Å². The van der Waals surface area contributed by atoms with Crippen LogP contribution in [0.15, 0.2) is 0 Å². The maximum absolute atomic E-state index is 11.6. The topological polar surface area (TPSA) is 60.9 Å². The minimum absolute atomic E-state index is 0.0312. The van der Waals surface area contributed by atoms with Gasteiger partial charge in [-0.1, -0.05) is 0 Å². The van der Waals surface area contributed by atoms with Crippen molar-refractivity contribution in [2.75, 3.05) is 52.0 Å². The predicted octanol–water partition coefficient (Wildman–Crippen LogP) is -0.392. The van der Waals surface area contributed by atoms with E-state index in [2.05, 4.69) is 0 Å². The van der Waals surface area contributed by atoms with Gasteiger partial charge in [0.05, 0.1) is 6.54 Å². The minimum atomic E-state index is -3.34. The first-order valence-corrected chi connectivity index (χ1v) is 7.97. The van der Waals surface area contributed by atoms with Crippen molar-refractivity contribution in [3.63, 3.8) is 0 Å². The Morgan fingerprint density at radius 2 is 1.89 bits per heavy atom. The lowest BCUT2D eigenvalue weighted by atomic mass is 10.4. The Labute approximate surface area is 114 Å². The van der Waals surface area contributed by atoms with Gasteiger partial charge in [-0.25, -0.2) is 8.42 Å². The molecule has 0 bridgehead atoms. The number of likely N-dealkylation sites (N-methyl/N-ethyl adjacent to an activating group) is 1. The van der Waals surface area contributed by atoms with E-state index in [0.29, 0.717) is 26.2 Å². The molecule has 0 N–H and O–H groups in total. The Balaban J connectivity index is 2.54. The number of carbonyl (C=O) groups is 1. The van der Waals surface area contributed by atoms with Gasteiger partial charge in [-0.15, -0.1) is 11.6 Å². The van der Waals surface area contributed by atoms with Crippen LogP contribution in [0.4, 0.5) is 0 Å². The molecule has 1 amide bonds. The summed E-state index contributed by atoms with van der Waals surface area (Å²) in [5, 5.41) is -0.385. The van der Waals surface area contributed by atoms with E-state index in [1.807, 2.05) is 4.90 Å². The molecule has 0 unspecified atom stereocenters. The van der Waals surface area contributed by atoms with Crippen LogP contribution in [0.25, 0.3) is 0 Å². The van der Waals surface area contributed by atoms with Gasteiger partial charge in [0.2, 0.25) is 15.9 Å². The largest absolute Gasteiger partial charge is 0.348 e. The van der Waals surface area contributed by atoms with Gasteiger partial charge < -0.3 is 4.90 Å². The van der Waals surface area contributed by atoms with E-state index < -0.39 is 10.0 Å². The van der Waals surface area contributed by atoms with Gasteiger partial charge in [0, 0.05) is 33.7 Å². The summed E-state index contributed by atoms with van der Waals surface area (Å²) in [5.41, 5.74) is 0. The number of halogens is 1. The summed E-state index contributed by atoms with van der Waals surface area (Å²) < 4.78 is 24.7. The Morgan fingerprint density at radius 3 is 2.44 bits per heavy atom. The lowest BCUT2D eigenvalue weighted by Crippen LogP contribution is -2.39. The molecule has 1 aliphatic rings. The van der Waals surface area contributed by atoms with E-state index in [0.717, 1.165) is 13.0 Å². The number of amides is 1. The SMILES string of the molecule is CN(C)C(=O)CN1CCCN(S(=O)(=O)CCl)CC1. The molecule has 1 rings (SSSR count). The summed E-state index contributed by atoms with van der Waals surface area (Å²) in [7, 11) is 0.0894. The van der Waals surface area contributed by atoms with Crippen LogP contribution in [0.1, 0.15) is 6.42 Å². The fraction of sp³-hybridized carbons (Fsp3) is 0.900. The molecule has 0 atom stereocenters. The minimum Gasteiger partial charge on any atom is -0.348 e. The summed E-state index contributed by atoms with van der Waals surface area (Å²) in [5.74, 6) is 0.0312.